The van der Waals surface area contributed by atoms with Crippen molar-refractivity contribution in [2.45, 2.75) is 12.8 Å². The summed E-state index contributed by atoms with van der Waals surface area (Å²) in [5, 5.41) is 12.9. The highest BCUT2D eigenvalue weighted by molar-refractivity contribution is 6.37. The normalized spacial score (nSPS) is 17.1. The van der Waals surface area contributed by atoms with Crippen molar-refractivity contribution in [2.75, 3.05) is 4.90 Å². The molecule has 3 N–H and O–H groups in total. The highest BCUT2D eigenvalue weighted by Crippen LogP contribution is 2.24. The highest BCUT2D eigenvalue weighted by Gasteiger charge is 2.37. The number of H-pyrrole nitrogens is 1. The van der Waals surface area contributed by atoms with Crippen molar-refractivity contribution >= 4 is 41.4 Å². The SMILES string of the molecule is O=C1NC(=O)N(c2ccccc2)C(=O)/C1=C/C=C(/C=C/c1c(O)n(-c2ccccc2)c(=O)[nH]c1=O)N1C(=O)CCC1=O. The number of rotatable bonds is 6. The Balaban J connectivity index is 1.59. The maximum absolute atomic E-state index is 13.2. The number of carbonyl (C=O) groups is 5. The number of nitrogens with one attached hydrogen (secondary N) is 2. The van der Waals surface area contributed by atoms with Crippen molar-refractivity contribution in [1.29, 1.82) is 0 Å². The van der Waals surface area contributed by atoms with Gasteiger partial charge in [-0.1, -0.05) is 36.4 Å². The molecule has 2 aliphatic rings. The van der Waals surface area contributed by atoms with Gasteiger partial charge in [-0.15, -0.1) is 0 Å². The molecule has 6 amide bonds. The fraction of sp³-hybridized carbons (Fsp3) is 0.0690. The van der Waals surface area contributed by atoms with E-state index in [9.17, 15) is 38.7 Å². The van der Waals surface area contributed by atoms with E-state index in [1.165, 1.54) is 24.3 Å². The van der Waals surface area contributed by atoms with Gasteiger partial charge in [-0.2, -0.15) is 0 Å². The lowest BCUT2D eigenvalue weighted by molar-refractivity contribution is -0.135. The average Bonchev–Trinajstić information content (AvgIpc) is 3.29. The van der Waals surface area contributed by atoms with Crippen LogP contribution >= 0.6 is 0 Å². The van der Waals surface area contributed by atoms with E-state index in [-0.39, 0.29) is 35.5 Å². The number of imide groups is 3. The molecule has 3 aromatic rings. The minimum Gasteiger partial charge on any atom is -0.494 e. The molecular weight excluding hydrogens is 546 g/mol. The first-order valence-corrected chi connectivity index (χ1v) is 12.5. The molecule has 0 atom stereocenters. The molecule has 0 unspecified atom stereocenters. The second-order valence-electron chi connectivity index (χ2n) is 9.03. The summed E-state index contributed by atoms with van der Waals surface area (Å²) in [6.07, 6.45) is 4.20. The number of likely N-dealkylation sites (tertiary alicyclic amines) is 1. The number of amides is 6. The summed E-state index contributed by atoms with van der Waals surface area (Å²) >= 11 is 0. The molecule has 2 saturated heterocycles. The molecule has 0 bridgehead atoms. The molecule has 2 aromatic carbocycles. The number of hydrogen-bond acceptors (Lipinski definition) is 8. The maximum atomic E-state index is 13.2. The Morgan fingerprint density at radius 3 is 2.02 bits per heavy atom. The number of allylic oxidation sites excluding steroid dienone is 3. The zero-order valence-electron chi connectivity index (χ0n) is 21.6. The lowest BCUT2D eigenvalue weighted by Crippen LogP contribution is -2.54. The summed E-state index contributed by atoms with van der Waals surface area (Å²) in [7, 11) is 0. The lowest BCUT2D eigenvalue weighted by Gasteiger charge is -2.26. The molecule has 2 aliphatic heterocycles. The van der Waals surface area contributed by atoms with Crippen LogP contribution in [-0.2, 0) is 19.2 Å². The summed E-state index contributed by atoms with van der Waals surface area (Å²) in [5.74, 6) is -3.82. The number of para-hydroxylation sites is 2. The van der Waals surface area contributed by atoms with Gasteiger partial charge in [0.2, 0.25) is 17.7 Å². The Hall–Kier alpha value is -6.11. The average molecular weight is 568 g/mol. The van der Waals surface area contributed by atoms with E-state index in [2.05, 4.69) is 10.3 Å². The number of nitrogens with zero attached hydrogens (tertiary/aromatic N) is 3. The van der Waals surface area contributed by atoms with Crippen LogP contribution in [0.25, 0.3) is 11.8 Å². The van der Waals surface area contributed by atoms with Crippen molar-refractivity contribution < 1.29 is 29.1 Å². The summed E-state index contributed by atoms with van der Waals surface area (Å²) < 4.78 is 0.860. The number of aromatic hydroxyl groups is 1. The zero-order valence-corrected chi connectivity index (χ0v) is 21.6. The third-order valence-electron chi connectivity index (χ3n) is 6.40. The van der Waals surface area contributed by atoms with Gasteiger partial charge in [0.05, 0.1) is 17.1 Å². The summed E-state index contributed by atoms with van der Waals surface area (Å²) in [4.78, 5) is 92.0. The van der Waals surface area contributed by atoms with E-state index >= 15 is 0 Å². The van der Waals surface area contributed by atoms with Crippen LogP contribution in [0.5, 0.6) is 5.88 Å². The van der Waals surface area contributed by atoms with Crippen molar-refractivity contribution in [1.82, 2.24) is 19.8 Å². The maximum Gasteiger partial charge on any atom is 0.335 e. The summed E-state index contributed by atoms with van der Waals surface area (Å²) in [5.41, 5.74) is -2.37. The van der Waals surface area contributed by atoms with Crippen LogP contribution in [0.1, 0.15) is 18.4 Å². The largest absolute Gasteiger partial charge is 0.494 e. The fourth-order valence-electron chi connectivity index (χ4n) is 4.40. The highest BCUT2D eigenvalue weighted by atomic mass is 16.3. The van der Waals surface area contributed by atoms with Crippen molar-refractivity contribution in [3.63, 3.8) is 0 Å². The molecule has 0 aliphatic carbocycles. The molecule has 1 aromatic heterocycles. The van der Waals surface area contributed by atoms with Gasteiger partial charge in [0, 0.05) is 12.8 Å². The van der Waals surface area contributed by atoms with Crippen LogP contribution in [0.15, 0.2) is 99.8 Å². The molecule has 0 saturated carbocycles. The van der Waals surface area contributed by atoms with Crippen LogP contribution in [0.2, 0.25) is 0 Å². The first-order valence-electron chi connectivity index (χ1n) is 12.5. The quantitative estimate of drug-likeness (QED) is 0.173. The van der Waals surface area contributed by atoms with Crippen LogP contribution in [-0.4, -0.2) is 49.2 Å². The van der Waals surface area contributed by atoms with Gasteiger partial charge < -0.3 is 5.11 Å². The predicted octanol–water partition coefficient (Wildman–Crippen LogP) is 1.49. The second-order valence-corrected chi connectivity index (χ2v) is 9.03. The number of urea groups is 1. The minimum absolute atomic E-state index is 0.0962. The van der Waals surface area contributed by atoms with Crippen LogP contribution in [0.4, 0.5) is 10.5 Å². The smallest absolute Gasteiger partial charge is 0.335 e. The Kier molecular flexibility index (Phi) is 7.30. The van der Waals surface area contributed by atoms with Crippen LogP contribution < -0.4 is 21.5 Å². The predicted molar refractivity (Wildman–Crippen MR) is 148 cm³/mol. The fourth-order valence-corrected chi connectivity index (χ4v) is 4.40. The number of aromatic nitrogens is 2. The Labute approximate surface area is 236 Å². The van der Waals surface area contributed by atoms with Gasteiger partial charge in [0.15, 0.2) is 0 Å². The first-order chi connectivity index (χ1) is 20.2. The number of aromatic amines is 1. The summed E-state index contributed by atoms with van der Waals surface area (Å²) in [6.45, 7) is 0. The van der Waals surface area contributed by atoms with E-state index < -0.39 is 52.4 Å². The number of hydrogen-bond donors (Lipinski definition) is 3. The van der Waals surface area contributed by atoms with E-state index in [1.807, 2.05) is 0 Å². The van der Waals surface area contributed by atoms with E-state index in [0.29, 0.717) is 0 Å². The van der Waals surface area contributed by atoms with E-state index in [4.69, 9.17) is 0 Å². The number of barbiturate groups is 1. The molecule has 2 fully saturated rings. The number of anilines is 1. The Bertz CT molecular complexity index is 1840. The van der Waals surface area contributed by atoms with E-state index in [1.54, 1.807) is 36.4 Å². The molecular formula is C29H21N5O8. The zero-order chi connectivity index (χ0) is 30.0. The van der Waals surface area contributed by atoms with E-state index in [0.717, 1.165) is 38.7 Å². The van der Waals surface area contributed by atoms with Gasteiger partial charge in [-0.25, -0.2) is 19.1 Å². The third-order valence-corrected chi connectivity index (χ3v) is 6.40. The molecule has 0 radical (unpaired) electrons. The summed E-state index contributed by atoms with van der Waals surface area (Å²) in [6, 6.07) is 14.9. The van der Waals surface area contributed by atoms with Gasteiger partial charge in [-0.05, 0) is 48.6 Å². The molecule has 13 nitrogen and oxygen atoms in total. The lowest BCUT2D eigenvalue weighted by atomic mass is 10.1. The molecule has 3 heterocycles. The minimum atomic E-state index is -1.00. The Morgan fingerprint density at radius 1 is 0.810 bits per heavy atom. The van der Waals surface area contributed by atoms with Crippen molar-refractivity contribution in [2.24, 2.45) is 0 Å². The van der Waals surface area contributed by atoms with Crippen LogP contribution in [0, 0.1) is 0 Å². The molecule has 5 rings (SSSR count). The topological polar surface area (TPSA) is 179 Å². The third kappa shape index (κ3) is 5.09. The molecule has 42 heavy (non-hydrogen) atoms. The Morgan fingerprint density at radius 2 is 1.40 bits per heavy atom. The van der Waals surface area contributed by atoms with Gasteiger partial charge in [0.25, 0.3) is 17.4 Å². The van der Waals surface area contributed by atoms with Crippen LogP contribution in [0.3, 0.4) is 0 Å². The molecule has 210 valence electrons. The number of benzene rings is 2. The monoisotopic (exact) mass is 567 g/mol. The van der Waals surface area contributed by atoms with Gasteiger partial charge in [-0.3, -0.25) is 39.2 Å². The standard InChI is InChI=1S/C29H21N5O8/c35-22-15-16-23(36)32(22)19(11-13-20-24(37)30-28(41)33(26(20)39)17-7-3-1-4-8-17)12-14-21-25(38)31-29(42)34(27(21)40)18-9-5-2-6-10-18/h1-14,39H,15-16H2,(H,30,37,41)(H,31,38,42)/b13-11+,19-12-,21-14+. The van der Waals surface area contributed by atoms with Gasteiger partial charge in [0.1, 0.15) is 11.1 Å². The van der Waals surface area contributed by atoms with Gasteiger partial charge >= 0.3 is 11.7 Å². The van der Waals surface area contributed by atoms with Crippen molar-refractivity contribution in [3.05, 3.63) is 117 Å². The molecule has 0 spiro atoms. The van der Waals surface area contributed by atoms with Crippen molar-refractivity contribution in [3.8, 4) is 11.6 Å². The first kappa shape index (κ1) is 27.5. The molecule has 13 heteroatoms. The number of carbonyl (C=O) groups excluding carboxylic acids is 5. The second kappa shape index (κ2) is 11.2.